The van der Waals surface area contributed by atoms with Gasteiger partial charge < -0.3 is 0 Å². The lowest BCUT2D eigenvalue weighted by Gasteiger charge is -1.68. The second kappa shape index (κ2) is 3.21. The van der Waals surface area contributed by atoms with Gasteiger partial charge in [-0.25, -0.2) is 0 Å². The van der Waals surface area contributed by atoms with E-state index in [2.05, 4.69) is 0 Å². The van der Waals surface area contributed by atoms with Crippen LogP contribution in [-0.4, -0.2) is 18.4 Å². The van der Waals surface area contributed by atoms with Crippen LogP contribution in [-0.2, 0) is 14.4 Å². The Kier molecular flexibility index (Phi) is 2.76. The molecule has 0 atom stereocenters. The number of carbonyl (C=O) groups excluding carboxylic acids is 3. The van der Waals surface area contributed by atoms with E-state index < -0.39 is 12.2 Å². The monoisotopic (exact) mass is 98.0 g/mol. The normalized spacial score (nSPS) is 7.43. The Hall–Kier alpha value is -0.990. The zero-order chi connectivity index (χ0) is 5.70. The van der Waals surface area contributed by atoms with E-state index in [0.29, 0.717) is 0 Å². The first-order valence-electron chi connectivity index (χ1n) is 1.57. The highest BCUT2D eigenvalue weighted by Gasteiger charge is 1.95. The predicted octanol–water partition coefficient (Wildman–Crippen LogP) is -0.835. The first-order valence-corrected chi connectivity index (χ1v) is 1.57. The van der Waals surface area contributed by atoms with Crippen molar-refractivity contribution in [3.63, 3.8) is 0 Å². The molecule has 0 aromatic rings. The fourth-order valence-electron chi connectivity index (χ4n) is 0.102. The van der Waals surface area contributed by atoms with Crippen molar-refractivity contribution in [1.29, 1.82) is 0 Å². The summed E-state index contributed by atoms with van der Waals surface area (Å²) in [5.74, 6) is -0.852. The fraction of sp³-hybridized carbons (Fsp3) is 0.250. The third kappa shape index (κ3) is 2.82. The minimum atomic E-state index is -0.852. The molecule has 7 heavy (non-hydrogen) atoms. The van der Waals surface area contributed by atoms with E-state index in [1.54, 1.807) is 0 Å². The van der Waals surface area contributed by atoms with Crippen molar-refractivity contribution >= 4 is 18.4 Å². The van der Waals surface area contributed by atoms with Gasteiger partial charge in [0.1, 0.15) is 0 Å². The molecule has 0 aromatic heterocycles. The Labute approximate surface area is 40.3 Å². The van der Waals surface area contributed by atoms with Crippen molar-refractivity contribution in [2.45, 2.75) is 6.42 Å². The third-order valence-electron chi connectivity index (χ3n) is 0.347. The molecule has 0 aromatic carbocycles. The summed E-state index contributed by atoms with van der Waals surface area (Å²) in [7, 11) is 0. The first kappa shape index (κ1) is 6.01. The summed E-state index contributed by atoms with van der Waals surface area (Å²) in [6.07, 6.45) is 1.80. The van der Waals surface area contributed by atoms with Gasteiger partial charge in [-0.1, -0.05) is 0 Å². The van der Waals surface area contributed by atoms with Crippen LogP contribution in [0.3, 0.4) is 0 Å². The molecule has 0 aliphatic heterocycles. The SMILES string of the molecule is O=[C]CC(=O)[C]=O. The molecule has 0 fully saturated rings. The zero-order valence-electron chi connectivity index (χ0n) is 3.43. The fourth-order valence-corrected chi connectivity index (χ4v) is 0.102. The van der Waals surface area contributed by atoms with Crippen molar-refractivity contribution in [3.8, 4) is 0 Å². The van der Waals surface area contributed by atoms with Crippen LogP contribution in [0.2, 0.25) is 0 Å². The van der Waals surface area contributed by atoms with Crippen molar-refractivity contribution in [1.82, 2.24) is 0 Å². The van der Waals surface area contributed by atoms with Crippen LogP contribution in [0, 0.1) is 0 Å². The maximum atomic E-state index is 9.73. The zero-order valence-corrected chi connectivity index (χ0v) is 3.43. The lowest BCUT2D eigenvalue weighted by molar-refractivity contribution is -0.112. The van der Waals surface area contributed by atoms with Gasteiger partial charge in [0.15, 0.2) is 0 Å². The Morgan fingerprint density at radius 2 is 2.00 bits per heavy atom. The van der Waals surface area contributed by atoms with Crippen LogP contribution in [0.4, 0.5) is 0 Å². The molecule has 36 valence electrons. The van der Waals surface area contributed by atoms with Crippen molar-refractivity contribution in [2.24, 2.45) is 0 Å². The molecule has 0 aliphatic rings. The summed E-state index contributed by atoms with van der Waals surface area (Å²) in [5, 5.41) is 0. The predicted molar refractivity (Wildman–Crippen MR) is 21.0 cm³/mol. The smallest absolute Gasteiger partial charge is 0.272 e. The molecule has 0 unspecified atom stereocenters. The molecule has 0 spiro atoms. The van der Waals surface area contributed by atoms with Crippen LogP contribution in [0.15, 0.2) is 0 Å². The van der Waals surface area contributed by atoms with E-state index in [1.807, 2.05) is 0 Å². The molecular weight excluding hydrogens is 96.0 g/mol. The van der Waals surface area contributed by atoms with E-state index in [-0.39, 0.29) is 0 Å². The summed E-state index contributed by atoms with van der Waals surface area (Å²) in [6, 6.07) is 0. The van der Waals surface area contributed by atoms with Gasteiger partial charge in [-0.05, 0) is 0 Å². The number of ketones is 1. The number of hydrogen-bond donors (Lipinski definition) is 0. The summed E-state index contributed by atoms with van der Waals surface area (Å²) < 4.78 is 0. The Morgan fingerprint density at radius 1 is 1.43 bits per heavy atom. The quantitative estimate of drug-likeness (QED) is 0.342. The van der Waals surface area contributed by atoms with Gasteiger partial charge in [0.05, 0.1) is 6.42 Å². The van der Waals surface area contributed by atoms with Crippen molar-refractivity contribution < 1.29 is 14.4 Å². The maximum absolute atomic E-state index is 9.73. The molecular formula is C4H2O3. The molecule has 0 saturated heterocycles. The van der Waals surface area contributed by atoms with Gasteiger partial charge >= 0.3 is 0 Å². The van der Waals surface area contributed by atoms with Gasteiger partial charge in [0.25, 0.3) is 6.29 Å². The van der Waals surface area contributed by atoms with Crippen LogP contribution in [0.5, 0.6) is 0 Å². The number of hydrogen-bond acceptors (Lipinski definition) is 3. The van der Waals surface area contributed by atoms with E-state index >= 15 is 0 Å². The molecule has 3 heteroatoms. The van der Waals surface area contributed by atoms with Crippen LogP contribution < -0.4 is 0 Å². The van der Waals surface area contributed by atoms with E-state index in [4.69, 9.17) is 0 Å². The van der Waals surface area contributed by atoms with Gasteiger partial charge in [0, 0.05) is 0 Å². The minimum Gasteiger partial charge on any atom is -0.290 e. The number of carbonyl (C=O) groups is 1. The van der Waals surface area contributed by atoms with Crippen LogP contribution >= 0.6 is 0 Å². The van der Waals surface area contributed by atoms with Crippen molar-refractivity contribution in [2.75, 3.05) is 0 Å². The summed E-state index contributed by atoms with van der Waals surface area (Å²) >= 11 is 0. The molecule has 0 N–H and O–H groups in total. The van der Waals surface area contributed by atoms with Crippen LogP contribution in [0.1, 0.15) is 6.42 Å². The second-order valence-corrected chi connectivity index (χ2v) is 0.846. The second-order valence-electron chi connectivity index (χ2n) is 0.846. The van der Waals surface area contributed by atoms with Gasteiger partial charge in [0.2, 0.25) is 12.1 Å². The topological polar surface area (TPSA) is 51.2 Å². The van der Waals surface area contributed by atoms with Crippen molar-refractivity contribution in [3.05, 3.63) is 0 Å². The average molecular weight is 98.1 g/mol. The number of rotatable bonds is 3. The van der Waals surface area contributed by atoms with E-state index in [1.165, 1.54) is 6.29 Å². The van der Waals surface area contributed by atoms with Gasteiger partial charge in [-0.2, -0.15) is 0 Å². The van der Waals surface area contributed by atoms with Gasteiger partial charge in [-0.3, -0.25) is 14.4 Å². The minimum absolute atomic E-state index is 0.469. The average Bonchev–Trinajstić information content (AvgIpc) is 1.68. The summed E-state index contributed by atoms with van der Waals surface area (Å²) in [6.45, 7) is 0. The lowest BCUT2D eigenvalue weighted by Crippen LogP contribution is -1.97. The maximum Gasteiger partial charge on any atom is 0.272 e. The van der Waals surface area contributed by atoms with Crippen LogP contribution in [0.25, 0.3) is 0 Å². The highest BCUT2D eigenvalue weighted by atomic mass is 16.2. The molecule has 2 radical (unpaired) electrons. The lowest BCUT2D eigenvalue weighted by atomic mass is 10.3. The third-order valence-corrected chi connectivity index (χ3v) is 0.347. The Balaban J connectivity index is 3.36. The highest BCUT2D eigenvalue weighted by molar-refractivity contribution is 6.28. The molecule has 0 heterocycles. The molecule has 0 bridgehead atoms. The van der Waals surface area contributed by atoms with E-state index in [0.717, 1.165) is 6.29 Å². The summed E-state index contributed by atoms with van der Waals surface area (Å²) in [5.41, 5.74) is 0. The number of Topliss-reactive ketones (excluding diaryl/α,β-unsaturated/α-hetero) is 1. The molecule has 0 rings (SSSR count). The first-order chi connectivity index (χ1) is 3.31. The Morgan fingerprint density at radius 3 is 2.14 bits per heavy atom. The molecule has 0 amide bonds. The largest absolute Gasteiger partial charge is 0.290 e. The molecule has 0 aliphatic carbocycles. The van der Waals surface area contributed by atoms with E-state index in [9.17, 15) is 14.4 Å². The standard InChI is InChI=1S/C4H2O3/c5-2-1-4(7)3-6/h1H2. The molecule has 3 nitrogen and oxygen atoms in total. The molecule has 0 saturated carbocycles. The highest BCUT2D eigenvalue weighted by Crippen LogP contribution is 1.67. The summed E-state index contributed by atoms with van der Waals surface area (Å²) in [4.78, 5) is 28.2. The Bertz CT molecular complexity index is 95.1. The van der Waals surface area contributed by atoms with Gasteiger partial charge in [-0.15, -0.1) is 0 Å².